The Morgan fingerprint density at radius 3 is 2.68 bits per heavy atom. The van der Waals surface area contributed by atoms with Gasteiger partial charge in [0.25, 0.3) is 0 Å². The van der Waals surface area contributed by atoms with E-state index in [1.807, 2.05) is 30.3 Å². The van der Waals surface area contributed by atoms with Gasteiger partial charge in [-0.25, -0.2) is 8.42 Å². The summed E-state index contributed by atoms with van der Waals surface area (Å²) in [7, 11) is -3.40. The van der Waals surface area contributed by atoms with Crippen LogP contribution in [0.15, 0.2) is 48.5 Å². The second-order valence-corrected chi connectivity index (χ2v) is 9.75. The number of ether oxygens (including phenoxy) is 2. The van der Waals surface area contributed by atoms with Crippen molar-refractivity contribution < 1.29 is 27.8 Å². The third kappa shape index (κ3) is 5.17. The highest BCUT2D eigenvalue weighted by Gasteiger charge is 2.46. The topological polar surface area (TPSA) is 114 Å². The normalized spacial score (nSPS) is 24.6. The van der Waals surface area contributed by atoms with Gasteiger partial charge < -0.3 is 19.9 Å². The second kappa shape index (κ2) is 8.86. The summed E-state index contributed by atoms with van der Waals surface area (Å²) in [5.74, 6) is 0.412. The van der Waals surface area contributed by atoms with Gasteiger partial charge in [-0.1, -0.05) is 30.3 Å². The summed E-state index contributed by atoms with van der Waals surface area (Å²) in [5, 5.41) is 12.7. The molecule has 4 rings (SSSR count). The van der Waals surface area contributed by atoms with E-state index in [4.69, 9.17) is 9.47 Å². The SMILES string of the molecule is CS(=O)(=O)Nc1ccc2c(c1)[C@H]1C[C@@H](CC(=O)NCc3ccccc3)O[C@H](CO)[C@H]1O2. The summed E-state index contributed by atoms with van der Waals surface area (Å²) in [4.78, 5) is 12.5. The zero-order valence-electron chi connectivity index (χ0n) is 17.2. The Labute approximate surface area is 181 Å². The molecule has 0 bridgehead atoms. The predicted molar refractivity (Wildman–Crippen MR) is 115 cm³/mol. The highest BCUT2D eigenvalue weighted by Crippen LogP contribution is 2.47. The first-order valence-electron chi connectivity index (χ1n) is 10.2. The van der Waals surface area contributed by atoms with Gasteiger partial charge in [-0.3, -0.25) is 9.52 Å². The molecule has 8 nitrogen and oxygen atoms in total. The van der Waals surface area contributed by atoms with E-state index in [-0.39, 0.29) is 37.1 Å². The summed E-state index contributed by atoms with van der Waals surface area (Å²) < 4.78 is 37.6. The number of aliphatic hydroxyl groups excluding tert-OH is 1. The molecule has 2 aromatic carbocycles. The molecule has 2 aromatic rings. The van der Waals surface area contributed by atoms with Crippen LogP contribution in [-0.2, 0) is 26.1 Å². The number of aliphatic hydroxyl groups is 1. The van der Waals surface area contributed by atoms with Gasteiger partial charge in [0, 0.05) is 23.7 Å². The molecule has 1 amide bonds. The van der Waals surface area contributed by atoms with Crippen LogP contribution in [-0.4, -0.2) is 50.6 Å². The summed E-state index contributed by atoms with van der Waals surface area (Å²) in [6, 6.07) is 14.8. The molecule has 166 valence electrons. The van der Waals surface area contributed by atoms with Crippen molar-refractivity contribution in [2.24, 2.45) is 0 Å². The van der Waals surface area contributed by atoms with Crippen LogP contribution in [0.25, 0.3) is 0 Å². The standard InChI is InChI=1S/C22H26N2O6S/c1-31(27,28)24-15-7-8-19-17(9-15)18-10-16(29-20(13-25)22(18)30-19)11-21(26)23-12-14-5-3-2-4-6-14/h2-9,16,18,20,22,24-25H,10-13H2,1H3,(H,23,26)/t16-,18+,20+,22-/m0/s1. The fourth-order valence-corrected chi connectivity index (χ4v) is 4.80. The number of rotatable bonds is 7. The van der Waals surface area contributed by atoms with Gasteiger partial charge in [0.05, 0.1) is 25.4 Å². The molecule has 2 aliphatic rings. The first kappa shape index (κ1) is 21.6. The number of sulfonamides is 1. The number of fused-ring (bicyclic) bond motifs is 3. The van der Waals surface area contributed by atoms with Crippen molar-refractivity contribution in [3.05, 3.63) is 59.7 Å². The van der Waals surface area contributed by atoms with Crippen molar-refractivity contribution in [2.75, 3.05) is 17.6 Å². The Balaban J connectivity index is 1.45. The third-order valence-electron chi connectivity index (χ3n) is 5.55. The van der Waals surface area contributed by atoms with E-state index in [2.05, 4.69) is 10.0 Å². The molecule has 9 heteroatoms. The summed E-state index contributed by atoms with van der Waals surface area (Å²) in [5.41, 5.74) is 2.32. The molecule has 1 fully saturated rings. The lowest BCUT2D eigenvalue weighted by Gasteiger charge is -2.37. The fraction of sp³-hybridized carbons (Fsp3) is 0.409. The number of benzene rings is 2. The van der Waals surface area contributed by atoms with Crippen molar-refractivity contribution in [1.82, 2.24) is 5.32 Å². The second-order valence-electron chi connectivity index (χ2n) is 8.00. The van der Waals surface area contributed by atoms with Crippen LogP contribution in [0, 0.1) is 0 Å². The molecular formula is C22H26N2O6S. The highest BCUT2D eigenvalue weighted by atomic mass is 32.2. The number of hydrogen-bond acceptors (Lipinski definition) is 6. The lowest BCUT2D eigenvalue weighted by molar-refractivity contribution is -0.142. The zero-order valence-corrected chi connectivity index (χ0v) is 18.0. The van der Waals surface area contributed by atoms with Crippen LogP contribution in [0.3, 0.4) is 0 Å². The van der Waals surface area contributed by atoms with E-state index in [1.54, 1.807) is 18.2 Å². The lowest BCUT2D eigenvalue weighted by Crippen LogP contribution is -2.47. The van der Waals surface area contributed by atoms with Crippen LogP contribution in [0.1, 0.15) is 29.9 Å². The Kier molecular flexibility index (Phi) is 6.17. The van der Waals surface area contributed by atoms with Crippen molar-refractivity contribution >= 4 is 21.6 Å². The van der Waals surface area contributed by atoms with Crippen LogP contribution in [0.4, 0.5) is 5.69 Å². The predicted octanol–water partition coefficient (Wildman–Crippen LogP) is 1.76. The van der Waals surface area contributed by atoms with Crippen LogP contribution < -0.4 is 14.8 Å². The molecule has 2 aliphatic heterocycles. The van der Waals surface area contributed by atoms with Crippen molar-refractivity contribution in [3.63, 3.8) is 0 Å². The number of nitrogens with one attached hydrogen (secondary N) is 2. The van der Waals surface area contributed by atoms with E-state index >= 15 is 0 Å². The Morgan fingerprint density at radius 1 is 1.19 bits per heavy atom. The fourth-order valence-electron chi connectivity index (χ4n) is 4.24. The van der Waals surface area contributed by atoms with Gasteiger partial charge in [0.15, 0.2) is 0 Å². The lowest BCUT2D eigenvalue weighted by atomic mass is 9.84. The molecule has 0 radical (unpaired) electrons. The van der Waals surface area contributed by atoms with Crippen molar-refractivity contribution in [3.8, 4) is 5.75 Å². The van der Waals surface area contributed by atoms with Gasteiger partial charge in [0.2, 0.25) is 15.9 Å². The maximum atomic E-state index is 12.5. The number of carbonyl (C=O) groups is 1. The molecule has 0 saturated carbocycles. The molecule has 31 heavy (non-hydrogen) atoms. The van der Waals surface area contributed by atoms with Crippen LogP contribution >= 0.6 is 0 Å². The molecule has 1 saturated heterocycles. The molecule has 0 spiro atoms. The van der Waals surface area contributed by atoms with Crippen molar-refractivity contribution in [2.45, 2.75) is 43.6 Å². The molecular weight excluding hydrogens is 420 g/mol. The summed E-state index contributed by atoms with van der Waals surface area (Å²) in [6.45, 7) is 0.208. The van der Waals surface area contributed by atoms with E-state index in [0.717, 1.165) is 17.4 Å². The molecule has 4 atom stereocenters. The minimum absolute atomic E-state index is 0.103. The van der Waals surface area contributed by atoms with E-state index in [9.17, 15) is 18.3 Å². The van der Waals surface area contributed by atoms with Gasteiger partial charge in [0.1, 0.15) is 18.0 Å². The van der Waals surface area contributed by atoms with Gasteiger partial charge in [-0.15, -0.1) is 0 Å². The smallest absolute Gasteiger partial charge is 0.229 e. The minimum Gasteiger partial charge on any atom is -0.487 e. The number of anilines is 1. The first-order valence-corrected chi connectivity index (χ1v) is 12.1. The Morgan fingerprint density at radius 2 is 1.97 bits per heavy atom. The van der Waals surface area contributed by atoms with Gasteiger partial charge >= 0.3 is 0 Å². The Bertz CT molecular complexity index is 1040. The molecule has 2 heterocycles. The van der Waals surface area contributed by atoms with Gasteiger partial charge in [-0.2, -0.15) is 0 Å². The van der Waals surface area contributed by atoms with Crippen LogP contribution in [0.2, 0.25) is 0 Å². The molecule has 0 aliphatic carbocycles. The summed E-state index contributed by atoms with van der Waals surface area (Å²) in [6.07, 6.45) is 0.481. The minimum atomic E-state index is -3.40. The zero-order chi connectivity index (χ0) is 22.0. The number of hydrogen-bond donors (Lipinski definition) is 3. The van der Waals surface area contributed by atoms with E-state index in [0.29, 0.717) is 24.4 Å². The van der Waals surface area contributed by atoms with Crippen molar-refractivity contribution in [1.29, 1.82) is 0 Å². The average Bonchev–Trinajstić information content (AvgIpc) is 3.09. The maximum absolute atomic E-state index is 12.5. The van der Waals surface area contributed by atoms with E-state index < -0.39 is 16.1 Å². The quantitative estimate of drug-likeness (QED) is 0.597. The number of amides is 1. The largest absolute Gasteiger partial charge is 0.487 e. The molecule has 0 aromatic heterocycles. The monoisotopic (exact) mass is 446 g/mol. The summed E-state index contributed by atoms with van der Waals surface area (Å²) >= 11 is 0. The highest BCUT2D eigenvalue weighted by molar-refractivity contribution is 7.92. The Hall–Kier alpha value is -2.62. The van der Waals surface area contributed by atoms with Gasteiger partial charge in [-0.05, 0) is 30.2 Å². The van der Waals surface area contributed by atoms with E-state index in [1.165, 1.54) is 0 Å². The third-order valence-corrected chi connectivity index (χ3v) is 6.15. The number of carbonyl (C=O) groups excluding carboxylic acids is 1. The average molecular weight is 447 g/mol. The maximum Gasteiger partial charge on any atom is 0.229 e. The van der Waals surface area contributed by atoms with Crippen LogP contribution in [0.5, 0.6) is 5.75 Å². The first-order chi connectivity index (χ1) is 14.8. The molecule has 3 N–H and O–H groups in total. The molecule has 0 unspecified atom stereocenters.